The zero-order valence-electron chi connectivity index (χ0n) is 33.9. The summed E-state index contributed by atoms with van der Waals surface area (Å²) >= 11 is 0. The molecule has 0 unspecified atom stereocenters. The molecule has 290 valence electrons. The number of para-hydroxylation sites is 2. The maximum atomic E-state index is 6.44. The third-order valence-corrected chi connectivity index (χ3v) is 12.4. The summed E-state index contributed by atoms with van der Waals surface area (Å²) in [6.07, 6.45) is 0. The third-order valence-electron chi connectivity index (χ3n) is 12.4. The third kappa shape index (κ3) is 6.12. The predicted molar refractivity (Wildman–Crippen MR) is 263 cm³/mol. The lowest BCUT2D eigenvalue weighted by Crippen LogP contribution is -2.10. The van der Waals surface area contributed by atoms with Crippen molar-refractivity contribution >= 4 is 71.3 Å². The molecule has 12 rings (SSSR count). The first-order valence-corrected chi connectivity index (χ1v) is 21.2. The van der Waals surface area contributed by atoms with E-state index >= 15 is 0 Å². The van der Waals surface area contributed by atoms with Gasteiger partial charge in [-0.25, -0.2) is 0 Å². The van der Waals surface area contributed by atoms with Crippen molar-refractivity contribution in [3.63, 3.8) is 0 Å². The number of hydrogen-bond donors (Lipinski definition) is 0. The van der Waals surface area contributed by atoms with E-state index in [9.17, 15) is 0 Å². The summed E-state index contributed by atoms with van der Waals surface area (Å²) in [6.45, 7) is 0. The molecule has 1 aromatic heterocycles. The van der Waals surface area contributed by atoms with Crippen LogP contribution < -0.4 is 4.90 Å². The lowest BCUT2D eigenvalue weighted by atomic mass is 9.93. The van der Waals surface area contributed by atoms with Crippen molar-refractivity contribution in [3.8, 4) is 44.5 Å². The van der Waals surface area contributed by atoms with E-state index in [0.717, 1.165) is 61.3 Å². The highest BCUT2D eigenvalue weighted by Crippen LogP contribution is 2.44. The van der Waals surface area contributed by atoms with E-state index in [1.54, 1.807) is 0 Å². The number of fused-ring (bicyclic) bond motifs is 7. The maximum Gasteiger partial charge on any atom is 0.143 e. The molecule has 0 saturated carbocycles. The quantitative estimate of drug-likeness (QED) is 0.150. The van der Waals surface area contributed by atoms with E-state index < -0.39 is 0 Å². The van der Waals surface area contributed by atoms with Crippen LogP contribution in [0.2, 0.25) is 0 Å². The van der Waals surface area contributed by atoms with E-state index in [1.807, 2.05) is 12.1 Å². The molecule has 2 nitrogen and oxygen atoms in total. The molecule has 12 aromatic rings. The summed E-state index contributed by atoms with van der Waals surface area (Å²) in [5.41, 5.74) is 14.5. The monoisotopic (exact) mass is 789 g/mol. The van der Waals surface area contributed by atoms with Gasteiger partial charge < -0.3 is 9.32 Å². The predicted octanol–water partition coefficient (Wildman–Crippen LogP) is 17.2. The molecule has 0 aliphatic rings. The number of rotatable bonds is 7. The molecule has 0 aliphatic carbocycles. The van der Waals surface area contributed by atoms with E-state index in [0.29, 0.717) is 0 Å². The lowest BCUT2D eigenvalue weighted by molar-refractivity contribution is 0.670. The van der Waals surface area contributed by atoms with Crippen molar-refractivity contribution in [1.82, 2.24) is 0 Å². The summed E-state index contributed by atoms with van der Waals surface area (Å²) in [4.78, 5) is 2.42. The summed E-state index contributed by atoms with van der Waals surface area (Å²) in [7, 11) is 0. The average molecular weight is 790 g/mol. The second-order valence-corrected chi connectivity index (χ2v) is 16.1. The molecule has 2 heteroatoms. The van der Waals surface area contributed by atoms with Crippen molar-refractivity contribution in [3.05, 3.63) is 237 Å². The van der Waals surface area contributed by atoms with Gasteiger partial charge in [0.25, 0.3) is 0 Å². The standard InChI is InChI=1S/C60H39NO/c1-2-14-40(15-3-1)47-37-44-16-4-7-21-51(44)57(38-47)42-30-34-49(35-31-42)61(58-39-46-17-5-6-20-50(46)53-22-8-9-23-54(53)58)48-32-28-41(29-33-48)43-18-12-19-45(36-43)52-25-13-26-56-55-24-10-11-27-59(55)62-60(52)56/h1-39H. The largest absolute Gasteiger partial charge is 0.455 e. The number of hydrogen-bond acceptors (Lipinski definition) is 2. The SMILES string of the molecule is c1ccc(-c2cc(-c3ccc(N(c4ccc(-c5cccc(-c6cccc7c6oc6ccccc67)c5)cc4)c4cc5ccccc5c5ccccc45)cc3)c3ccccc3c2)cc1. The highest BCUT2D eigenvalue weighted by molar-refractivity contribution is 6.15. The molecule has 62 heavy (non-hydrogen) atoms. The fourth-order valence-electron chi connectivity index (χ4n) is 9.43. The highest BCUT2D eigenvalue weighted by atomic mass is 16.3. The molecule has 0 spiro atoms. The Balaban J connectivity index is 0.974. The molecule has 0 N–H and O–H groups in total. The van der Waals surface area contributed by atoms with Crippen LogP contribution in [-0.2, 0) is 0 Å². The molecule has 1 heterocycles. The molecule has 0 radical (unpaired) electrons. The molecule has 0 amide bonds. The van der Waals surface area contributed by atoms with Crippen LogP contribution in [0.3, 0.4) is 0 Å². The number of nitrogens with zero attached hydrogens (tertiary/aromatic N) is 1. The van der Waals surface area contributed by atoms with Crippen molar-refractivity contribution in [2.45, 2.75) is 0 Å². The van der Waals surface area contributed by atoms with Gasteiger partial charge in [0.15, 0.2) is 0 Å². The maximum absolute atomic E-state index is 6.44. The smallest absolute Gasteiger partial charge is 0.143 e. The van der Waals surface area contributed by atoms with Gasteiger partial charge in [-0.2, -0.15) is 0 Å². The Labute approximate surface area is 360 Å². The zero-order chi connectivity index (χ0) is 41.0. The van der Waals surface area contributed by atoms with Crippen LogP contribution in [0, 0.1) is 0 Å². The molecule has 0 atom stereocenters. The second-order valence-electron chi connectivity index (χ2n) is 16.1. The summed E-state index contributed by atoms with van der Waals surface area (Å²) in [5, 5.41) is 9.64. The Kier molecular flexibility index (Phi) is 8.53. The van der Waals surface area contributed by atoms with Gasteiger partial charge in [0.1, 0.15) is 11.2 Å². The topological polar surface area (TPSA) is 16.4 Å². The Bertz CT molecular complexity index is 3620. The van der Waals surface area contributed by atoms with Gasteiger partial charge in [-0.15, -0.1) is 0 Å². The number of benzene rings is 11. The van der Waals surface area contributed by atoms with Gasteiger partial charge in [-0.3, -0.25) is 0 Å². The first-order chi connectivity index (χ1) is 30.7. The minimum Gasteiger partial charge on any atom is -0.455 e. The van der Waals surface area contributed by atoms with Gasteiger partial charge >= 0.3 is 0 Å². The van der Waals surface area contributed by atoms with E-state index in [-0.39, 0.29) is 0 Å². The van der Waals surface area contributed by atoms with Gasteiger partial charge in [0.2, 0.25) is 0 Å². The normalized spacial score (nSPS) is 11.5. The Morgan fingerprint density at radius 1 is 0.274 bits per heavy atom. The molecule has 0 bridgehead atoms. The summed E-state index contributed by atoms with van der Waals surface area (Å²) < 4.78 is 6.44. The second kappa shape index (κ2) is 14.8. The summed E-state index contributed by atoms with van der Waals surface area (Å²) in [5.74, 6) is 0. The van der Waals surface area contributed by atoms with Crippen LogP contribution >= 0.6 is 0 Å². The van der Waals surface area contributed by atoms with Gasteiger partial charge in [0, 0.05) is 33.1 Å². The van der Waals surface area contributed by atoms with Crippen LogP contribution in [0.15, 0.2) is 241 Å². The first kappa shape index (κ1) is 35.7. The minimum absolute atomic E-state index is 0.908. The van der Waals surface area contributed by atoms with E-state index in [2.05, 4.69) is 229 Å². The van der Waals surface area contributed by atoms with Gasteiger partial charge in [0.05, 0.1) is 5.69 Å². The Morgan fingerprint density at radius 3 is 1.60 bits per heavy atom. The van der Waals surface area contributed by atoms with Crippen LogP contribution in [0.4, 0.5) is 17.1 Å². The Hall–Kier alpha value is -8.20. The Morgan fingerprint density at radius 2 is 0.823 bits per heavy atom. The zero-order valence-corrected chi connectivity index (χ0v) is 33.9. The fraction of sp³-hybridized carbons (Fsp3) is 0. The van der Waals surface area contributed by atoms with Crippen LogP contribution in [0.5, 0.6) is 0 Å². The van der Waals surface area contributed by atoms with Crippen molar-refractivity contribution in [1.29, 1.82) is 0 Å². The molecular weight excluding hydrogens is 751 g/mol. The summed E-state index contributed by atoms with van der Waals surface area (Å²) in [6, 6.07) is 85.5. The van der Waals surface area contributed by atoms with E-state index in [1.165, 1.54) is 54.6 Å². The molecular formula is C60H39NO. The van der Waals surface area contributed by atoms with Crippen LogP contribution in [0.1, 0.15) is 0 Å². The molecule has 0 saturated heterocycles. The van der Waals surface area contributed by atoms with Crippen LogP contribution in [0.25, 0.3) is 98.8 Å². The minimum atomic E-state index is 0.908. The van der Waals surface area contributed by atoms with Crippen molar-refractivity contribution in [2.75, 3.05) is 4.90 Å². The van der Waals surface area contributed by atoms with Crippen LogP contribution in [-0.4, -0.2) is 0 Å². The average Bonchev–Trinajstić information content (AvgIpc) is 3.74. The number of furan rings is 1. The molecule has 0 fully saturated rings. The highest BCUT2D eigenvalue weighted by Gasteiger charge is 2.19. The van der Waals surface area contributed by atoms with Gasteiger partial charge in [-0.05, 0) is 120 Å². The first-order valence-electron chi connectivity index (χ1n) is 21.2. The number of anilines is 3. The fourth-order valence-corrected chi connectivity index (χ4v) is 9.43. The molecule has 11 aromatic carbocycles. The molecule has 0 aliphatic heterocycles. The van der Waals surface area contributed by atoms with Gasteiger partial charge in [-0.1, -0.05) is 182 Å². The van der Waals surface area contributed by atoms with Crippen molar-refractivity contribution in [2.24, 2.45) is 0 Å². The van der Waals surface area contributed by atoms with Crippen molar-refractivity contribution < 1.29 is 4.42 Å². The van der Waals surface area contributed by atoms with E-state index in [4.69, 9.17) is 4.42 Å². The lowest BCUT2D eigenvalue weighted by Gasteiger charge is -2.28.